The van der Waals surface area contributed by atoms with E-state index in [0.717, 1.165) is 6.07 Å². The molecule has 0 aliphatic carbocycles. The van der Waals surface area contributed by atoms with Gasteiger partial charge < -0.3 is 5.73 Å². The lowest BCUT2D eigenvalue weighted by Gasteiger charge is -2.18. The summed E-state index contributed by atoms with van der Waals surface area (Å²) in [5.74, 6) is 0. The van der Waals surface area contributed by atoms with Crippen molar-refractivity contribution in [3.8, 4) is 0 Å². The molecule has 1 rings (SSSR count). The third-order valence-corrected chi connectivity index (χ3v) is 3.44. The molecule has 5 nitrogen and oxygen atoms in total. The minimum absolute atomic E-state index is 0.0453. The van der Waals surface area contributed by atoms with Crippen molar-refractivity contribution in [2.45, 2.75) is 30.5 Å². The van der Waals surface area contributed by atoms with E-state index in [2.05, 4.69) is 9.71 Å². The molecule has 0 radical (unpaired) electrons. The van der Waals surface area contributed by atoms with Crippen LogP contribution in [-0.2, 0) is 16.2 Å². The van der Waals surface area contributed by atoms with Crippen molar-refractivity contribution in [2.75, 3.05) is 6.54 Å². The number of aromatic nitrogens is 1. The van der Waals surface area contributed by atoms with Crippen LogP contribution in [0.25, 0.3) is 0 Å². The van der Waals surface area contributed by atoms with Crippen molar-refractivity contribution >= 4 is 10.0 Å². The monoisotopic (exact) mass is 297 g/mol. The van der Waals surface area contributed by atoms with E-state index in [0.29, 0.717) is 12.3 Å². The molecule has 0 saturated heterocycles. The summed E-state index contributed by atoms with van der Waals surface area (Å²) in [6, 6.07) is 1.46. The first-order valence-electron chi connectivity index (χ1n) is 5.24. The van der Waals surface area contributed by atoms with Gasteiger partial charge in [0.15, 0.2) is 0 Å². The molecule has 0 aromatic carbocycles. The highest BCUT2D eigenvalue weighted by Gasteiger charge is 2.32. The van der Waals surface area contributed by atoms with Crippen LogP contribution in [0, 0.1) is 0 Å². The lowest BCUT2D eigenvalue weighted by Crippen LogP contribution is -2.45. The van der Waals surface area contributed by atoms with Crippen molar-refractivity contribution in [3.63, 3.8) is 0 Å². The molecule has 0 unspecified atom stereocenters. The topological polar surface area (TPSA) is 85.1 Å². The zero-order valence-corrected chi connectivity index (χ0v) is 11.1. The van der Waals surface area contributed by atoms with E-state index in [-0.39, 0.29) is 11.4 Å². The lowest BCUT2D eigenvalue weighted by atomic mass is 10.1. The Morgan fingerprint density at radius 1 is 1.32 bits per heavy atom. The number of nitrogens with two attached hydrogens (primary N) is 1. The summed E-state index contributed by atoms with van der Waals surface area (Å²) in [7, 11) is -3.92. The van der Waals surface area contributed by atoms with Crippen molar-refractivity contribution < 1.29 is 21.6 Å². The largest absolute Gasteiger partial charge is 0.433 e. The lowest BCUT2D eigenvalue weighted by molar-refractivity contribution is -0.141. The first-order valence-corrected chi connectivity index (χ1v) is 6.72. The molecule has 0 spiro atoms. The van der Waals surface area contributed by atoms with Gasteiger partial charge in [0.05, 0.1) is 0 Å². The quantitative estimate of drug-likeness (QED) is 0.872. The molecule has 0 bridgehead atoms. The van der Waals surface area contributed by atoms with Crippen LogP contribution >= 0.6 is 0 Å². The second kappa shape index (κ2) is 5.06. The highest BCUT2D eigenvalue weighted by molar-refractivity contribution is 7.89. The minimum atomic E-state index is -4.60. The van der Waals surface area contributed by atoms with Crippen molar-refractivity contribution in [2.24, 2.45) is 5.73 Å². The van der Waals surface area contributed by atoms with Gasteiger partial charge in [-0.2, -0.15) is 13.2 Å². The van der Waals surface area contributed by atoms with Crippen molar-refractivity contribution in [3.05, 3.63) is 24.0 Å². The molecule has 108 valence electrons. The average molecular weight is 297 g/mol. The number of nitrogens with one attached hydrogen (secondary N) is 1. The van der Waals surface area contributed by atoms with Crippen LogP contribution in [0.15, 0.2) is 23.2 Å². The van der Waals surface area contributed by atoms with Crippen LogP contribution in [-0.4, -0.2) is 25.5 Å². The normalized spacial score (nSPS) is 13.6. The molecule has 19 heavy (non-hydrogen) atoms. The molecule has 0 amide bonds. The van der Waals surface area contributed by atoms with Gasteiger partial charge in [-0.3, -0.25) is 4.98 Å². The summed E-state index contributed by atoms with van der Waals surface area (Å²) in [6.07, 6.45) is -3.94. The molecule has 9 heteroatoms. The Kier molecular flexibility index (Phi) is 4.23. The first kappa shape index (κ1) is 15.9. The number of hydrogen-bond acceptors (Lipinski definition) is 4. The molecule has 0 atom stereocenters. The summed E-state index contributed by atoms with van der Waals surface area (Å²) < 4.78 is 62.5. The summed E-state index contributed by atoms with van der Waals surface area (Å²) in [6.45, 7) is 3.18. The molecule has 0 aliphatic heterocycles. The Morgan fingerprint density at radius 2 is 1.89 bits per heavy atom. The van der Waals surface area contributed by atoms with Crippen LogP contribution in [0.5, 0.6) is 0 Å². The van der Waals surface area contributed by atoms with Crippen LogP contribution in [0.3, 0.4) is 0 Å². The van der Waals surface area contributed by atoms with Gasteiger partial charge >= 0.3 is 6.18 Å². The Morgan fingerprint density at radius 3 is 2.26 bits per heavy atom. The Balaban J connectivity index is 2.92. The maximum Gasteiger partial charge on any atom is 0.433 e. The van der Waals surface area contributed by atoms with Crippen LogP contribution < -0.4 is 10.5 Å². The number of sulfonamides is 1. The number of rotatable bonds is 4. The fraction of sp³-hybridized carbons (Fsp3) is 0.500. The van der Waals surface area contributed by atoms with E-state index in [4.69, 9.17) is 5.73 Å². The van der Waals surface area contributed by atoms with Crippen molar-refractivity contribution in [1.29, 1.82) is 0 Å². The van der Waals surface area contributed by atoms with Gasteiger partial charge in [-0.25, -0.2) is 13.1 Å². The molecular weight excluding hydrogens is 283 g/mol. The second-order valence-electron chi connectivity index (χ2n) is 4.69. The summed E-state index contributed by atoms with van der Waals surface area (Å²) >= 11 is 0. The molecule has 3 N–H and O–H groups in total. The van der Waals surface area contributed by atoms with E-state index in [1.807, 2.05) is 0 Å². The molecule has 0 saturated carbocycles. The van der Waals surface area contributed by atoms with Gasteiger partial charge in [-0.05, 0) is 26.0 Å². The summed E-state index contributed by atoms with van der Waals surface area (Å²) in [5.41, 5.74) is 3.69. The van der Waals surface area contributed by atoms with Gasteiger partial charge in [0, 0.05) is 18.3 Å². The fourth-order valence-electron chi connectivity index (χ4n) is 1.07. The zero-order valence-electron chi connectivity index (χ0n) is 10.3. The Hall–Kier alpha value is -1.19. The van der Waals surface area contributed by atoms with E-state index in [9.17, 15) is 21.6 Å². The maximum atomic E-state index is 12.3. The number of nitrogens with zero attached hydrogens (tertiary/aromatic N) is 1. The van der Waals surface area contributed by atoms with Gasteiger partial charge in [0.2, 0.25) is 10.0 Å². The Bertz CT molecular complexity index is 533. The van der Waals surface area contributed by atoms with E-state index >= 15 is 0 Å². The summed E-state index contributed by atoms with van der Waals surface area (Å²) in [4.78, 5) is 2.74. The van der Waals surface area contributed by atoms with Gasteiger partial charge in [-0.1, -0.05) is 0 Å². The van der Waals surface area contributed by atoms with Crippen LogP contribution in [0.4, 0.5) is 13.2 Å². The van der Waals surface area contributed by atoms with Gasteiger partial charge in [-0.15, -0.1) is 0 Å². The molecule has 0 fully saturated rings. The molecule has 0 aliphatic rings. The van der Waals surface area contributed by atoms with Crippen molar-refractivity contribution in [1.82, 2.24) is 9.71 Å². The van der Waals surface area contributed by atoms with Gasteiger partial charge in [0.1, 0.15) is 10.6 Å². The van der Waals surface area contributed by atoms with Crippen LogP contribution in [0.2, 0.25) is 0 Å². The average Bonchev–Trinajstić information content (AvgIpc) is 2.25. The van der Waals surface area contributed by atoms with E-state index in [1.165, 1.54) is 0 Å². The summed E-state index contributed by atoms with van der Waals surface area (Å²) in [5, 5.41) is 0. The molecule has 1 aromatic heterocycles. The third-order valence-electron chi connectivity index (χ3n) is 2.05. The smallest absolute Gasteiger partial charge is 0.324 e. The molecular formula is C10H14F3N3O2S. The standard InChI is InChI=1S/C10H14F3N3O2S/c1-9(2,14)6-16-19(17,18)7-3-4-8(15-5-7)10(11,12)13/h3-5,16H,6,14H2,1-2H3. The van der Waals surface area contributed by atoms with E-state index in [1.54, 1.807) is 13.8 Å². The molecule has 1 aromatic rings. The zero-order chi connectivity index (χ0) is 14.9. The highest BCUT2D eigenvalue weighted by atomic mass is 32.2. The minimum Gasteiger partial charge on any atom is -0.324 e. The Labute approximate surface area is 109 Å². The van der Waals surface area contributed by atoms with Gasteiger partial charge in [0.25, 0.3) is 0 Å². The number of alkyl halides is 3. The second-order valence-corrected chi connectivity index (χ2v) is 6.46. The number of halogens is 3. The maximum absolute atomic E-state index is 12.3. The predicted molar refractivity (Wildman–Crippen MR) is 62.7 cm³/mol. The number of pyridine rings is 1. The third kappa shape index (κ3) is 4.77. The SMILES string of the molecule is CC(C)(N)CNS(=O)(=O)c1ccc(C(F)(F)F)nc1. The predicted octanol–water partition coefficient (Wildman–Crippen LogP) is 1.12. The van der Waals surface area contributed by atoms with E-state index < -0.39 is 27.4 Å². The molecule has 1 heterocycles. The highest BCUT2D eigenvalue weighted by Crippen LogP contribution is 2.27. The fourth-order valence-corrected chi connectivity index (χ4v) is 2.24. The van der Waals surface area contributed by atoms with Crippen LogP contribution in [0.1, 0.15) is 19.5 Å². The number of hydrogen-bond donors (Lipinski definition) is 2. The first-order chi connectivity index (χ1) is 8.42.